The standard InChI is InChI=1S/C23H35NO3/c1-2-3-4-5-6-7-8-12-19-27-23(26)21-15-17-24(18-16-21)22(25)20-13-10-9-11-14-20/h9-11,13-14,21H,2-8,12,15-19H2,1H3. The van der Waals surface area contributed by atoms with Crippen LogP contribution >= 0.6 is 0 Å². The summed E-state index contributed by atoms with van der Waals surface area (Å²) in [7, 11) is 0. The predicted octanol–water partition coefficient (Wildman–Crippen LogP) is 5.22. The van der Waals surface area contributed by atoms with Gasteiger partial charge in [-0.05, 0) is 31.4 Å². The van der Waals surface area contributed by atoms with Crippen molar-refractivity contribution in [3.05, 3.63) is 35.9 Å². The van der Waals surface area contributed by atoms with Crippen LogP contribution in [0.5, 0.6) is 0 Å². The average Bonchev–Trinajstić information content (AvgIpc) is 2.72. The fourth-order valence-electron chi connectivity index (χ4n) is 3.61. The minimum atomic E-state index is -0.0789. The molecular formula is C23H35NO3. The summed E-state index contributed by atoms with van der Waals surface area (Å²) in [5.74, 6) is -0.0787. The Hall–Kier alpha value is -1.84. The molecule has 1 heterocycles. The van der Waals surface area contributed by atoms with Crippen LogP contribution in [0.3, 0.4) is 0 Å². The molecule has 1 amide bonds. The summed E-state index contributed by atoms with van der Waals surface area (Å²) < 4.78 is 5.46. The van der Waals surface area contributed by atoms with Crippen LogP contribution in [0.4, 0.5) is 0 Å². The van der Waals surface area contributed by atoms with Gasteiger partial charge in [0.2, 0.25) is 0 Å². The molecule has 0 aromatic heterocycles. The van der Waals surface area contributed by atoms with E-state index in [9.17, 15) is 9.59 Å². The second kappa shape index (κ2) is 12.5. The van der Waals surface area contributed by atoms with Crippen molar-refractivity contribution in [2.24, 2.45) is 5.92 Å². The van der Waals surface area contributed by atoms with Crippen molar-refractivity contribution >= 4 is 11.9 Å². The van der Waals surface area contributed by atoms with Gasteiger partial charge in [0.1, 0.15) is 0 Å². The minimum absolute atomic E-state index is 0.0566. The van der Waals surface area contributed by atoms with Gasteiger partial charge in [-0.15, -0.1) is 0 Å². The lowest BCUT2D eigenvalue weighted by atomic mass is 9.96. The summed E-state index contributed by atoms with van der Waals surface area (Å²) in [5.41, 5.74) is 0.716. The maximum Gasteiger partial charge on any atom is 0.309 e. The van der Waals surface area contributed by atoms with Gasteiger partial charge >= 0.3 is 5.97 Å². The number of carbonyl (C=O) groups is 2. The Labute approximate surface area is 164 Å². The molecule has 0 N–H and O–H groups in total. The lowest BCUT2D eigenvalue weighted by Gasteiger charge is -2.31. The molecule has 2 rings (SSSR count). The first kappa shape index (κ1) is 21.5. The second-order valence-electron chi connectivity index (χ2n) is 7.57. The van der Waals surface area contributed by atoms with Gasteiger partial charge in [-0.3, -0.25) is 9.59 Å². The number of likely N-dealkylation sites (tertiary alicyclic amines) is 1. The van der Waals surface area contributed by atoms with Crippen LogP contribution in [0.15, 0.2) is 30.3 Å². The highest BCUT2D eigenvalue weighted by Crippen LogP contribution is 2.20. The van der Waals surface area contributed by atoms with E-state index < -0.39 is 0 Å². The first-order valence-corrected chi connectivity index (χ1v) is 10.7. The van der Waals surface area contributed by atoms with E-state index in [4.69, 9.17) is 4.74 Å². The van der Waals surface area contributed by atoms with Gasteiger partial charge in [0.25, 0.3) is 5.91 Å². The summed E-state index contributed by atoms with van der Waals surface area (Å²) in [6.45, 7) is 4.03. The van der Waals surface area contributed by atoms with Gasteiger partial charge < -0.3 is 9.64 Å². The molecule has 4 heteroatoms. The van der Waals surface area contributed by atoms with Crippen LogP contribution in [-0.4, -0.2) is 36.5 Å². The number of unbranched alkanes of at least 4 members (excludes halogenated alkanes) is 7. The molecule has 4 nitrogen and oxygen atoms in total. The molecule has 150 valence electrons. The Balaban J connectivity index is 1.55. The molecule has 0 unspecified atom stereocenters. The molecule has 0 bridgehead atoms. The molecule has 0 saturated carbocycles. The monoisotopic (exact) mass is 373 g/mol. The number of hydrogen-bond donors (Lipinski definition) is 0. The summed E-state index contributed by atoms with van der Waals surface area (Å²) in [5, 5.41) is 0. The van der Waals surface area contributed by atoms with Crippen LogP contribution in [0.25, 0.3) is 0 Å². The third-order valence-corrected chi connectivity index (χ3v) is 5.38. The van der Waals surface area contributed by atoms with Gasteiger partial charge in [-0.25, -0.2) is 0 Å². The van der Waals surface area contributed by atoms with Crippen LogP contribution < -0.4 is 0 Å². The fourth-order valence-corrected chi connectivity index (χ4v) is 3.61. The van der Waals surface area contributed by atoms with Crippen molar-refractivity contribution in [2.75, 3.05) is 19.7 Å². The van der Waals surface area contributed by atoms with E-state index in [2.05, 4.69) is 6.92 Å². The number of esters is 1. The number of rotatable bonds is 11. The molecule has 1 aliphatic heterocycles. The first-order chi connectivity index (χ1) is 13.2. The Morgan fingerprint density at radius 2 is 1.52 bits per heavy atom. The number of benzene rings is 1. The molecule has 1 aliphatic rings. The van der Waals surface area contributed by atoms with E-state index >= 15 is 0 Å². The van der Waals surface area contributed by atoms with Crippen molar-refractivity contribution in [3.63, 3.8) is 0 Å². The van der Waals surface area contributed by atoms with Gasteiger partial charge in [0.15, 0.2) is 0 Å². The van der Waals surface area contributed by atoms with E-state index in [-0.39, 0.29) is 17.8 Å². The van der Waals surface area contributed by atoms with Crippen molar-refractivity contribution in [2.45, 2.75) is 71.1 Å². The largest absolute Gasteiger partial charge is 0.465 e. The highest BCUT2D eigenvalue weighted by molar-refractivity contribution is 5.94. The smallest absolute Gasteiger partial charge is 0.309 e. The third kappa shape index (κ3) is 7.74. The van der Waals surface area contributed by atoms with Crippen LogP contribution in [0, 0.1) is 5.92 Å². The highest BCUT2D eigenvalue weighted by Gasteiger charge is 2.28. The molecule has 0 radical (unpaired) electrons. The molecule has 1 aromatic carbocycles. The molecule has 1 fully saturated rings. The van der Waals surface area contributed by atoms with Crippen LogP contribution in [0.2, 0.25) is 0 Å². The summed E-state index contributed by atoms with van der Waals surface area (Å²) in [6.07, 6.45) is 11.3. The zero-order valence-electron chi connectivity index (χ0n) is 16.8. The Morgan fingerprint density at radius 1 is 0.926 bits per heavy atom. The molecule has 1 aromatic rings. The number of hydrogen-bond acceptors (Lipinski definition) is 3. The zero-order valence-corrected chi connectivity index (χ0v) is 16.8. The Morgan fingerprint density at radius 3 is 2.15 bits per heavy atom. The van der Waals surface area contributed by atoms with E-state index in [1.807, 2.05) is 35.2 Å². The van der Waals surface area contributed by atoms with Crippen molar-refractivity contribution in [3.8, 4) is 0 Å². The van der Waals surface area contributed by atoms with E-state index in [1.54, 1.807) is 0 Å². The lowest BCUT2D eigenvalue weighted by Crippen LogP contribution is -2.40. The maximum atomic E-state index is 12.4. The minimum Gasteiger partial charge on any atom is -0.465 e. The van der Waals surface area contributed by atoms with Crippen molar-refractivity contribution < 1.29 is 14.3 Å². The molecule has 0 spiro atoms. The summed E-state index contributed by atoms with van der Waals surface area (Å²) >= 11 is 0. The van der Waals surface area contributed by atoms with Gasteiger partial charge in [-0.2, -0.15) is 0 Å². The fraction of sp³-hybridized carbons (Fsp3) is 0.652. The number of piperidine rings is 1. The summed E-state index contributed by atoms with van der Waals surface area (Å²) in [6, 6.07) is 9.34. The number of amides is 1. The molecule has 27 heavy (non-hydrogen) atoms. The Kier molecular flexibility index (Phi) is 9.96. The zero-order chi connectivity index (χ0) is 19.3. The van der Waals surface area contributed by atoms with Gasteiger partial charge in [0, 0.05) is 18.7 Å². The molecule has 0 atom stereocenters. The van der Waals surface area contributed by atoms with Gasteiger partial charge in [0.05, 0.1) is 12.5 Å². The topological polar surface area (TPSA) is 46.6 Å². The number of nitrogens with zero attached hydrogens (tertiary/aromatic N) is 1. The number of carbonyl (C=O) groups excluding carboxylic acids is 2. The first-order valence-electron chi connectivity index (χ1n) is 10.7. The average molecular weight is 374 g/mol. The summed E-state index contributed by atoms with van der Waals surface area (Å²) in [4.78, 5) is 26.5. The Bertz CT molecular complexity index is 550. The van der Waals surface area contributed by atoms with Crippen LogP contribution in [0.1, 0.15) is 81.5 Å². The van der Waals surface area contributed by atoms with Gasteiger partial charge in [-0.1, -0.05) is 70.1 Å². The molecular weight excluding hydrogens is 338 g/mol. The normalized spacial score (nSPS) is 14.9. The maximum absolute atomic E-state index is 12.4. The molecule has 0 aliphatic carbocycles. The molecule has 1 saturated heterocycles. The van der Waals surface area contributed by atoms with E-state index in [1.165, 1.54) is 38.5 Å². The lowest BCUT2D eigenvalue weighted by molar-refractivity contribution is -0.150. The second-order valence-corrected chi connectivity index (χ2v) is 7.57. The van der Waals surface area contributed by atoms with Crippen LogP contribution in [-0.2, 0) is 9.53 Å². The predicted molar refractivity (Wildman–Crippen MR) is 109 cm³/mol. The van der Waals surface area contributed by atoms with Crippen molar-refractivity contribution in [1.82, 2.24) is 4.90 Å². The van der Waals surface area contributed by atoms with E-state index in [0.29, 0.717) is 38.1 Å². The third-order valence-electron chi connectivity index (χ3n) is 5.38. The highest BCUT2D eigenvalue weighted by atomic mass is 16.5. The SMILES string of the molecule is CCCCCCCCCCOC(=O)C1CCN(C(=O)c2ccccc2)CC1. The quantitative estimate of drug-likeness (QED) is 0.394. The van der Waals surface area contributed by atoms with E-state index in [0.717, 1.165) is 12.8 Å². The number of ether oxygens (including phenoxy) is 1. The van der Waals surface area contributed by atoms with Crippen molar-refractivity contribution in [1.29, 1.82) is 0 Å².